The molecule has 0 fully saturated rings. The summed E-state index contributed by atoms with van der Waals surface area (Å²) in [7, 11) is 1.56. The maximum atomic E-state index is 10.9. The normalized spacial score (nSPS) is 11.4. The Bertz CT molecular complexity index is 2460. The van der Waals surface area contributed by atoms with E-state index >= 15 is 0 Å². The highest BCUT2D eigenvalue weighted by Gasteiger charge is 2.22. The first-order valence-electron chi connectivity index (χ1n) is 15.5. The summed E-state index contributed by atoms with van der Waals surface area (Å²) < 4.78 is 15.0. The minimum Gasteiger partial charge on any atom is -0.505 e. The van der Waals surface area contributed by atoms with Crippen molar-refractivity contribution in [3.63, 3.8) is 0 Å². The molecule has 5 heterocycles. The maximum absolute atomic E-state index is 10.9. The van der Waals surface area contributed by atoms with Gasteiger partial charge in [0.05, 0.1) is 36.2 Å². The Kier molecular flexibility index (Phi) is 7.33. The summed E-state index contributed by atoms with van der Waals surface area (Å²) in [6, 6.07) is 20.9. The quantitative estimate of drug-likeness (QED) is 0.102. The van der Waals surface area contributed by atoms with E-state index in [2.05, 4.69) is 35.1 Å². The molecule has 8 aromatic rings. The maximum Gasteiger partial charge on any atom is 0.212 e. The topological polar surface area (TPSA) is 220 Å². The molecule has 0 aliphatic heterocycles. The predicted octanol–water partition coefficient (Wildman–Crippen LogP) is 5.07. The molecule has 5 aromatic heterocycles. The van der Waals surface area contributed by atoms with Crippen molar-refractivity contribution in [2.75, 3.05) is 18.6 Å². The Hall–Kier alpha value is -7.16. The van der Waals surface area contributed by atoms with Crippen molar-refractivity contribution in [1.82, 2.24) is 44.3 Å². The van der Waals surface area contributed by atoms with Crippen LogP contribution in [0.25, 0.3) is 45.4 Å². The van der Waals surface area contributed by atoms with Crippen LogP contribution in [0.3, 0.4) is 0 Å². The second-order valence-electron chi connectivity index (χ2n) is 11.6. The number of imidazole rings is 2. The van der Waals surface area contributed by atoms with Crippen LogP contribution in [-0.4, -0.2) is 61.6 Å². The van der Waals surface area contributed by atoms with Gasteiger partial charge in [-0.2, -0.15) is 5.10 Å². The van der Waals surface area contributed by atoms with Gasteiger partial charge in [0.1, 0.15) is 64.0 Å². The van der Waals surface area contributed by atoms with Gasteiger partial charge in [-0.15, -0.1) is 0 Å². The lowest BCUT2D eigenvalue weighted by Crippen LogP contribution is -2.02. The van der Waals surface area contributed by atoms with Gasteiger partial charge in [-0.25, -0.2) is 15.0 Å². The Balaban J connectivity index is 1.03. The van der Waals surface area contributed by atoms with Crippen LogP contribution >= 0.6 is 0 Å². The van der Waals surface area contributed by atoms with Crippen molar-refractivity contribution in [1.29, 1.82) is 0 Å². The zero-order valence-corrected chi connectivity index (χ0v) is 26.6. The highest BCUT2D eigenvalue weighted by molar-refractivity contribution is 5.85. The fourth-order valence-electron chi connectivity index (χ4n) is 5.87. The number of ether oxygens (including phenoxy) is 2. The monoisotopic (exact) mass is 669 g/mol. The summed E-state index contributed by atoms with van der Waals surface area (Å²) in [6.45, 7) is 0.220. The largest absolute Gasteiger partial charge is 0.505 e. The highest BCUT2D eigenvalue weighted by atomic mass is 16.5. The number of nitrogen functional groups attached to an aromatic ring is 2. The molecule has 3 aromatic carbocycles. The Morgan fingerprint density at radius 2 is 1.62 bits per heavy atom. The van der Waals surface area contributed by atoms with Gasteiger partial charge in [0, 0.05) is 37.0 Å². The number of aromatic nitrogens is 9. The van der Waals surface area contributed by atoms with Crippen LogP contribution in [0.5, 0.6) is 23.0 Å². The molecule has 0 spiro atoms. The van der Waals surface area contributed by atoms with E-state index in [1.165, 1.54) is 12.4 Å². The molecule has 50 heavy (non-hydrogen) atoms. The van der Waals surface area contributed by atoms with Gasteiger partial charge < -0.3 is 41.1 Å². The number of fused-ring (bicyclic) bond motifs is 1. The molecule has 9 N–H and O–H groups in total. The molecule has 0 aliphatic rings. The third kappa shape index (κ3) is 5.47. The van der Waals surface area contributed by atoms with Crippen LogP contribution in [-0.2, 0) is 13.0 Å². The number of rotatable bonds is 10. The van der Waals surface area contributed by atoms with Crippen LogP contribution in [0.2, 0.25) is 0 Å². The number of aromatic amines is 3. The second-order valence-corrected chi connectivity index (χ2v) is 11.6. The summed E-state index contributed by atoms with van der Waals surface area (Å²) in [5.41, 5.74) is 17.6. The van der Waals surface area contributed by atoms with Crippen molar-refractivity contribution in [3.8, 4) is 57.4 Å². The number of nitrogens with one attached hydrogen (secondary N) is 3. The van der Waals surface area contributed by atoms with E-state index in [4.69, 9.17) is 20.9 Å². The van der Waals surface area contributed by atoms with Gasteiger partial charge >= 0.3 is 0 Å². The van der Waals surface area contributed by atoms with Crippen LogP contribution < -0.4 is 20.9 Å². The van der Waals surface area contributed by atoms with E-state index in [1.54, 1.807) is 46.8 Å². The lowest BCUT2D eigenvalue weighted by molar-refractivity contribution is 0.303. The molecule has 0 saturated carbocycles. The van der Waals surface area contributed by atoms with Crippen molar-refractivity contribution in [2.24, 2.45) is 0 Å². The number of nitrogens with two attached hydrogens (primary N) is 2. The van der Waals surface area contributed by atoms with Gasteiger partial charge in [0.2, 0.25) is 5.95 Å². The number of methoxy groups -OCH3 is 1. The molecule has 0 bridgehead atoms. The van der Waals surface area contributed by atoms with Crippen molar-refractivity contribution < 1.29 is 19.7 Å². The number of anilines is 2. The van der Waals surface area contributed by atoms with E-state index < -0.39 is 0 Å². The molecule has 15 heteroatoms. The van der Waals surface area contributed by atoms with E-state index in [9.17, 15) is 10.2 Å². The molecule has 0 amide bonds. The molecule has 8 rings (SSSR count). The summed E-state index contributed by atoms with van der Waals surface area (Å²) >= 11 is 0. The molecule has 0 radical (unpaired) electrons. The fourth-order valence-corrected chi connectivity index (χ4v) is 5.87. The third-order valence-corrected chi connectivity index (χ3v) is 8.30. The number of H-pyrrole nitrogens is 3. The van der Waals surface area contributed by atoms with Crippen molar-refractivity contribution in [3.05, 3.63) is 108 Å². The fraction of sp³-hybridized carbons (Fsp3) is 0.0857. The van der Waals surface area contributed by atoms with E-state index in [-0.39, 0.29) is 35.6 Å². The van der Waals surface area contributed by atoms with Crippen LogP contribution in [0.15, 0.2) is 91.5 Å². The smallest absolute Gasteiger partial charge is 0.212 e. The second kappa shape index (κ2) is 12.1. The van der Waals surface area contributed by atoms with E-state index in [1.807, 2.05) is 48.5 Å². The average Bonchev–Trinajstić information content (AvgIpc) is 3.96. The minimum absolute atomic E-state index is 0.0347. The lowest BCUT2D eigenvalue weighted by atomic mass is 10.1. The van der Waals surface area contributed by atoms with Gasteiger partial charge in [-0.3, -0.25) is 14.2 Å². The standard InChI is InChI=1S/C35H31N11O4/c1-49-22-13-21(45-16-26(47)30(31(45)36)34-42-28(43-44-34)12-19-5-3-2-4-6-19)14-23(15-22)50-18-20-7-8-24-25(11-20)41-33(40-24)29-27(48)17-46(32(29)37)35-38-9-10-39-35/h2-11,13-17,47-48H,12,18,36-37H2,1H3,(H,38,39)(H,40,41)(H,42,43,44). The average molecular weight is 670 g/mol. The van der Waals surface area contributed by atoms with Gasteiger partial charge in [0.25, 0.3) is 0 Å². The summed E-state index contributed by atoms with van der Waals surface area (Å²) in [5, 5.41) is 28.9. The Labute approximate surface area is 283 Å². The van der Waals surface area contributed by atoms with E-state index in [0.717, 1.165) is 16.6 Å². The minimum atomic E-state index is -0.0714. The number of hydrogen-bond acceptors (Lipinski definition) is 10. The first-order chi connectivity index (χ1) is 24.3. The van der Waals surface area contributed by atoms with Gasteiger partial charge in [-0.05, 0) is 23.3 Å². The van der Waals surface area contributed by atoms with Crippen LogP contribution in [0, 0.1) is 0 Å². The van der Waals surface area contributed by atoms with E-state index in [0.29, 0.717) is 57.8 Å². The predicted molar refractivity (Wildman–Crippen MR) is 186 cm³/mol. The molecule has 0 aliphatic carbocycles. The van der Waals surface area contributed by atoms with Crippen molar-refractivity contribution >= 4 is 22.7 Å². The lowest BCUT2D eigenvalue weighted by Gasteiger charge is -2.13. The molecule has 0 atom stereocenters. The first kappa shape index (κ1) is 30.2. The number of hydrogen-bond donors (Lipinski definition) is 7. The highest BCUT2D eigenvalue weighted by Crippen LogP contribution is 2.39. The van der Waals surface area contributed by atoms with Crippen LogP contribution in [0.4, 0.5) is 11.6 Å². The van der Waals surface area contributed by atoms with Crippen LogP contribution in [0.1, 0.15) is 17.0 Å². The summed E-state index contributed by atoms with van der Waals surface area (Å²) in [4.78, 5) is 19.7. The zero-order valence-electron chi connectivity index (χ0n) is 26.6. The molecule has 250 valence electrons. The Morgan fingerprint density at radius 1 is 0.840 bits per heavy atom. The van der Waals surface area contributed by atoms with Gasteiger partial charge in [0.15, 0.2) is 5.82 Å². The Morgan fingerprint density at radius 3 is 2.42 bits per heavy atom. The number of nitrogens with zero attached hydrogens (tertiary/aromatic N) is 6. The summed E-state index contributed by atoms with van der Waals surface area (Å²) in [5.74, 6) is 3.29. The first-order valence-corrected chi connectivity index (χ1v) is 15.5. The van der Waals surface area contributed by atoms with Crippen molar-refractivity contribution in [2.45, 2.75) is 13.0 Å². The molecular formula is C35H31N11O4. The molecular weight excluding hydrogens is 638 g/mol. The SMILES string of the molecule is COc1cc(OCc2ccc3nc(-c4c(O)cn(-c5ncc[nH]5)c4N)[nH]c3c2)cc(-n2cc(O)c(-c3n[nH]c(Cc4ccccc4)n3)c2N)c1. The van der Waals surface area contributed by atoms with Gasteiger partial charge in [-0.1, -0.05) is 36.4 Å². The third-order valence-electron chi connectivity index (χ3n) is 8.30. The zero-order chi connectivity index (χ0) is 34.4. The molecule has 0 saturated heterocycles. The molecule has 0 unspecified atom stereocenters. The number of aromatic hydroxyl groups is 2. The molecule has 15 nitrogen and oxygen atoms in total. The number of benzene rings is 3. The summed E-state index contributed by atoms with van der Waals surface area (Å²) in [6.07, 6.45) is 6.81.